The van der Waals surface area contributed by atoms with E-state index in [2.05, 4.69) is 66.4 Å². The van der Waals surface area contributed by atoms with E-state index in [1.165, 1.54) is 32.3 Å². The van der Waals surface area contributed by atoms with Crippen molar-refractivity contribution in [3.8, 4) is 0 Å². The van der Waals surface area contributed by atoms with Crippen LogP contribution in [0.5, 0.6) is 0 Å². The molecular weight excluding hydrogens is 220 g/mol. The minimum Gasteiger partial charge on any atom is -0.376 e. The van der Waals surface area contributed by atoms with Crippen molar-refractivity contribution in [2.45, 2.75) is 6.54 Å². The van der Waals surface area contributed by atoms with Crippen molar-refractivity contribution < 1.29 is 4.57 Å². The summed E-state index contributed by atoms with van der Waals surface area (Å²) in [7, 11) is 4.22. The molecule has 0 spiro atoms. The predicted octanol–water partition coefficient (Wildman–Crippen LogP) is 1.72. The molecule has 3 aromatic rings. The Morgan fingerprint density at radius 3 is 2.50 bits per heavy atom. The van der Waals surface area contributed by atoms with Gasteiger partial charge in [-0.15, -0.1) is 0 Å². The molecule has 1 aromatic heterocycles. The molecule has 1 aliphatic heterocycles. The maximum absolute atomic E-state index is 2.27. The highest BCUT2D eigenvalue weighted by atomic mass is 15.1. The van der Waals surface area contributed by atoms with Crippen LogP contribution in [-0.2, 0) is 13.6 Å². The van der Waals surface area contributed by atoms with Crippen molar-refractivity contribution in [3.05, 3.63) is 47.4 Å². The second-order valence-corrected chi connectivity index (χ2v) is 5.28. The lowest BCUT2D eigenvalue weighted by molar-refractivity contribution is -0.669. The highest BCUT2D eigenvalue weighted by Gasteiger charge is 2.15. The van der Waals surface area contributed by atoms with Gasteiger partial charge in [0.1, 0.15) is 7.05 Å². The molecule has 0 unspecified atom stereocenters. The molecule has 2 heterocycles. The third-order valence-electron chi connectivity index (χ3n) is 3.81. The van der Waals surface area contributed by atoms with Gasteiger partial charge in [0.25, 0.3) is 0 Å². The van der Waals surface area contributed by atoms with Crippen LogP contribution in [0.1, 0.15) is 5.56 Å². The van der Waals surface area contributed by atoms with Crippen LogP contribution in [0, 0.1) is 0 Å². The quantitative estimate of drug-likeness (QED) is 0.538. The van der Waals surface area contributed by atoms with E-state index in [1.807, 2.05) is 0 Å². The van der Waals surface area contributed by atoms with Crippen molar-refractivity contribution in [1.29, 1.82) is 0 Å². The Labute approximate surface area is 106 Å². The summed E-state index contributed by atoms with van der Waals surface area (Å²) in [6.45, 7) is 1.00. The Balaban J connectivity index is 2.34. The number of nitrogens with zero attached hydrogens (tertiary/aromatic N) is 2. The van der Waals surface area contributed by atoms with Gasteiger partial charge in [0.2, 0.25) is 0 Å². The first kappa shape index (κ1) is 9.89. The fourth-order valence-electron chi connectivity index (χ4n) is 3.13. The Kier molecular flexibility index (Phi) is 1.77. The van der Waals surface area contributed by atoms with Gasteiger partial charge in [-0.05, 0) is 28.3 Å². The molecule has 1 aliphatic rings. The summed E-state index contributed by atoms with van der Waals surface area (Å²) in [4.78, 5) is 2.25. The Hall–Kier alpha value is -2.09. The van der Waals surface area contributed by atoms with Crippen LogP contribution < -0.4 is 9.79 Å². The molecule has 4 rings (SSSR count). The zero-order chi connectivity index (χ0) is 12.3. The lowest BCUT2D eigenvalue weighted by Gasteiger charge is -2.21. The number of aromatic nitrogens is 1. The molecule has 0 N–H and O–H groups in total. The lowest BCUT2D eigenvalue weighted by Crippen LogP contribution is -2.27. The Morgan fingerprint density at radius 1 is 1.00 bits per heavy atom. The Morgan fingerprint density at radius 2 is 1.72 bits per heavy atom. The molecule has 0 saturated heterocycles. The van der Waals surface area contributed by atoms with E-state index in [4.69, 9.17) is 0 Å². The number of hydrogen-bond donors (Lipinski definition) is 0. The van der Waals surface area contributed by atoms with Gasteiger partial charge in [-0.1, -0.05) is 12.1 Å². The largest absolute Gasteiger partial charge is 0.376 e. The lowest BCUT2D eigenvalue weighted by atomic mass is 9.95. The average Bonchev–Trinajstić information content (AvgIpc) is 2.34. The molecular formula is C16H15N2+. The molecule has 0 amide bonds. The minimum absolute atomic E-state index is 1.00. The van der Waals surface area contributed by atoms with E-state index in [9.17, 15) is 0 Å². The zero-order valence-electron chi connectivity index (χ0n) is 10.6. The first-order valence-corrected chi connectivity index (χ1v) is 6.28. The molecule has 2 heteroatoms. The average molecular weight is 235 g/mol. The van der Waals surface area contributed by atoms with E-state index < -0.39 is 0 Å². The van der Waals surface area contributed by atoms with Crippen LogP contribution in [0.25, 0.3) is 27.7 Å². The van der Waals surface area contributed by atoms with Gasteiger partial charge in [-0.3, -0.25) is 0 Å². The standard InChI is InChI=1S/C16H15N2/c1-17-7-11-3-5-13-9-18(2)10-14-6-4-12(8-17)15(11)16(13)14/h3-9H,10H2,1-2H3/q+1. The summed E-state index contributed by atoms with van der Waals surface area (Å²) in [5.41, 5.74) is 1.43. The third kappa shape index (κ3) is 1.20. The minimum atomic E-state index is 1.00. The van der Waals surface area contributed by atoms with Gasteiger partial charge in [-0.2, -0.15) is 0 Å². The first-order chi connectivity index (χ1) is 8.72. The maximum atomic E-state index is 2.27. The van der Waals surface area contributed by atoms with Crippen molar-refractivity contribution >= 4 is 27.7 Å². The number of aryl methyl sites for hydroxylation is 1. The molecule has 18 heavy (non-hydrogen) atoms. The van der Waals surface area contributed by atoms with Gasteiger partial charge in [-0.25, -0.2) is 4.57 Å². The van der Waals surface area contributed by atoms with Gasteiger partial charge in [0, 0.05) is 36.0 Å². The molecule has 0 radical (unpaired) electrons. The first-order valence-electron chi connectivity index (χ1n) is 6.28. The van der Waals surface area contributed by atoms with E-state index in [0.717, 1.165) is 6.54 Å². The smallest absolute Gasteiger partial charge is 0.176 e. The molecule has 0 bridgehead atoms. The van der Waals surface area contributed by atoms with Crippen LogP contribution in [-0.4, -0.2) is 11.9 Å². The number of benzene rings is 2. The van der Waals surface area contributed by atoms with Crippen molar-refractivity contribution in [2.75, 3.05) is 7.05 Å². The molecule has 2 nitrogen and oxygen atoms in total. The summed E-state index contributed by atoms with van der Waals surface area (Å²) >= 11 is 0. The van der Waals surface area contributed by atoms with Crippen LogP contribution in [0.3, 0.4) is 0 Å². The molecule has 0 atom stereocenters. The van der Waals surface area contributed by atoms with Gasteiger partial charge < -0.3 is 4.90 Å². The topological polar surface area (TPSA) is 7.12 Å². The molecule has 0 fully saturated rings. The van der Waals surface area contributed by atoms with Crippen LogP contribution >= 0.6 is 0 Å². The second-order valence-electron chi connectivity index (χ2n) is 5.28. The predicted molar refractivity (Wildman–Crippen MR) is 73.8 cm³/mol. The van der Waals surface area contributed by atoms with Crippen molar-refractivity contribution in [3.63, 3.8) is 0 Å². The van der Waals surface area contributed by atoms with Crippen LogP contribution in [0.4, 0.5) is 0 Å². The molecule has 88 valence electrons. The summed E-state index contributed by atoms with van der Waals surface area (Å²) < 4.78 is 2.14. The summed E-state index contributed by atoms with van der Waals surface area (Å²) in [6.07, 6.45) is 6.65. The third-order valence-corrected chi connectivity index (χ3v) is 3.81. The fourth-order valence-corrected chi connectivity index (χ4v) is 3.13. The maximum Gasteiger partial charge on any atom is 0.176 e. The zero-order valence-corrected chi connectivity index (χ0v) is 10.6. The highest BCUT2D eigenvalue weighted by molar-refractivity contribution is 6.10. The van der Waals surface area contributed by atoms with Crippen LogP contribution in [0.2, 0.25) is 0 Å². The normalized spacial score (nSPS) is 14.2. The van der Waals surface area contributed by atoms with Crippen molar-refractivity contribution in [2.24, 2.45) is 7.05 Å². The van der Waals surface area contributed by atoms with E-state index in [1.54, 1.807) is 0 Å². The molecule has 0 saturated carbocycles. The SMILES string of the molecule is CN1C=c2ccc3c[n+](C)cc4ccc(c2c43)C1. The Bertz CT molecular complexity index is 815. The number of hydrogen-bond acceptors (Lipinski definition) is 1. The molecule has 0 aliphatic carbocycles. The fraction of sp³-hybridized carbons (Fsp3) is 0.188. The van der Waals surface area contributed by atoms with Crippen molar-refractivity contribution in [1.82, 2.24) is 4.90 Å². The monoisotopic (exact) mass is 235 g/mol. The van der Waals surface area contributed by atoms with Gasteiger partial charge in [0.05, 0.1) is 0 Å². The van der Waals surface area contributed by atoms with E-state index in [-0.39, 0.29) is 0 Å². The number of pyridine rings is 1. The summed E-state index contributed by atoms with van der Waals surface area (Å²) in [6, 6.07) is 8.97. The van der Waals surface area contributed by atoms with Crippen LogP contribution in [0.15, 0.2) is 36.7 Å². The highest BCUT2D eigenvalue weighted by Crippen LogP contribution is 2.27. The van der Waals surface area contributed by atoms with Gasteiger partial charge >= 0.3 is 0 Å². The van der Waals surface area contributed by atoms with E-state index >= 15 is 0 Å². The molecule has 2 aromatic carbocycles. The van der Waals surface area contributed by atoms with Gasteiger partial charge in [0.15, 0.2) is 12.4 Å². The summed E-state index contributed by atoms with van der Waals surface area (Å²) in [5.74, 6) is 0. The number of rotatable bonds is 0. The summed E-state index contributed by atoms with van der Waals surface area (Å²) in [5, 5.41) is 6.84. The second kappa shape index (κ2) is 3.22. The van der Waals surface area contributed by atoms with E-state index in [0.29, 0.717) is 0 Å².